The first-order valence-corrected chi connectivity index (χ1v) is 9.59. The average molecular weight is 370 g/mol. The summed E-state index contributed by atoms with van der Waals surface area (Å²) >= 11 is 1.33. The van der Waals surface area contributed by atoms with Crippen LogP contribution in [0.4, 0.5) is 0 Å². The van der Waals surface area contributed by atoms with E-state index < -0.39 is 0 Å². The minimum atomic E-state index is -0.311. The van der Waals surface area contributed by atoms with E-state index in [1.54, 1.807) is 9.42 Å². The molecule has 0 aliphatic heterocycles. The van der Waals surface area contributed by atoms with Crippen LogP contribution in [0.25, 0.3) is 4.96 Å². The van der Waals surface area contributed by atoms with Crippen molar-refractivity contribution in [1.82, 2.24) is 19.5 Å². The largest absolute Gasteiger partial charge is 0.343 e. The molecule has 0 aliphatic rings. The van der Waals surface area contributed by atoms with Gasteiger partial charge < -0.3 is 4.90 Å². The van der Waals surface area contributed by atoms with Crippen LogP contribution in [0, 0.1) is 6.92 Å². The zero-order valence-electron chi connectivity index (χ0n) is 15.2. The lowest BCUT2D eigenvalue weighted by Crippen LogP contribution is -2.32. The third-order valence-electron chi connectivity index (χ3n) is 4.36. The second-order valence-electron chi connectivity index (χ2n) is 6.19. The zero-order valence-corrected chi connectivity index (χ0v) is 16.0. The quantitative estimate of drug-likeness (QED) is 0.668. The van der Waals surface area contributed by atoms with Crippen LogP contribution in [0.2, 0.25) is 0 Å². The number of nitrogens with zero attached hydrogens (tertiary/aromatic N) is 4. The molecule has 0 unspecified atom stereocenters. The predicted molar refractivity (Wildman–Crippen MR) is 103 cm³/mol. The summed E-state index contributed by atoms with van der Waals surface area (Å²) in [7, 11) is 0. The van der Waals surface area contributed by atoms with Crippen LogP contribution < -0.4 is 5.56 Å². The van der Waals surface area contributed by atoms with Gasteiger partial charge >= 0.3 is 0 Å². The van der Waals surface area contributed by atoms with Crippen molar-refractivity contribution in [2.45, 2.75) is 33.6 Å². The van der Waals surface area contributed by atoms with Gasteiger partial charge in [0.2, 0.25) is 10.9 Å². The van der Waals surface area contributed by atoms with Gasteiger partial charge in [0.1, 0.15) is 5.69 Å². The molecule has 0 fully saturated rings. The van der Waals surface area contributed by atoms with Gasteiger partial charge in [0.25, 0.3) is 5.56 Å². The molecule has 0 spiro atoms. The second kappa shape index (κ2) is 7.78. The minimum Gasteiger partial charge on any atom is -0.343 e. The molecule has 136 valence electrons. The lowest BCUT2D eigenvalue weighted by molar-refractivity contribution is -0.130. The Bertz CT molecular complexity index is 971. The summed E-state index contributed by atoms with van der Waals surface area (Å²) < 4.78 is 1.64. The molecular formula is C19H22N4O2S. The molecule has 26 heavy (non-hydrogen) atoms. The van der Waals surface area contributed by atoms with E-state index in [2.05, 4.69) is 10.1 Å². The Morgan fingerprint density at radius 2 is 1.88 bits per heavy atom. The Balaban J connectivity index is 1.92. The third-order valence-corrected chi connectivity index (χ3v) is 5.22. The molecule has 1 aromatic carbocycles. The topological polar surface area (TPSA) is 67.6 Å². The van der Waals surface area contributed by atoms with Crippen molar-refractivity contribution in [2.24, 2.45) is 0 Å². The van der Waals surface area contributed by atoms with E-state index >= 15 is 0 Å². The van der Waals surface area contributed by atoms with Crippen LogP contribution >= 0.6 is 11.3 Å². The highest BCUT2D eigenvalue weighted by atomic mass is 32.1. The number of thiazole rings is 1. The second-order valence-corrected chi connectivity index (χ2v) is 7.03. The summed E-state index contributed by atoms with van der Waals surface area (Å²) in [4.78, 5) is 31.1. The number of carbonyl (C=O) groups excluding carboxylic acids is 1. The van der Waals surface area contributed by atoms with Crippen molar-refractivity contribution in [1.29, 1.82) is 0 Å². The van der Waals surface area contributed by atoms with Gasteiger partial charge in [-0.3, -0.25) is 9.59 Å². The van der Waals surface area contributed by atoms with E-state index in [1.165, 1.54) is 16.9 Å². The van der Waals surface area contributed by atoms with Crippen molar-refractivity contribution in [3.8, 4) is 0 Å². The summed E-state index contributed by atoms with van der Waals surface area (Å²) in [6, 6.07) is 8.00. The van der Waals surface area contributed by atoms with Crippen LogP contribution in [0.1, 0.15) is 36.4 Å². The van der Waals surface area contributed by atoms with Gasteiger partial charge in [-0.25, -0.2) is 4.52 Å². The SMILES string of the molecule is CCN(CC)C(=O)Cc1csc2nc(=O)c(Cc3ccc(C)cc3)nn12. The highest BCUT2D eigenvalue weighted by molar-refractivity contribution is 7.15. The predicted octanol–water partition coefficient (Wildman–Crippen LogP) is 2.46. The molecule has 3 rings (SSSR count). The highest BCUT2D eigenvalue weighted by Crippen LogP contribution is 2.14. The van der Waals surface area contributed by atoms with Gasteiger partial charge in [-0.05, 0) is 26.3 Å². The fourth-order valence-corrected chi connectivity index (χ4v) is 3.63. The van der Waals surface area contributed by atoms with E-state index in [1.807, 2.05) is 50.4 Å². The number of fused-ring (bicyclic) bond motifs is 1. The highest BCUT2D eigenvalue weighted by Gasteiger charge is 2.16. The van der Waals surface area contributed by atoms with Gasteiger partial charge in [-0.2, -0.15) is 10.1 Å². The molecule has 7 heteroatoms. The first-order valence-electron chi connectivity index (χ1n) is 8.71. The monoisotopic (exact) mass is 370 g/mol. The number of aryl methyl sites for hydroxylation is 1. The summed E-state index contributed by atoms with van der Waals surface area (Å²) in [5.74, 6) is 0.0512. The van der Waals surface area contributed by atoms with Gasteiger partial charge in [0.15, 0.2) is 0 Å². The van der Waals surface area contributed by atoms with Crippen molar-refractivity contribution in [3.05, 3.63) is 62.5 Å². The van der Waals surface area contributed by atoms with Crippen molar-refractivity contribution >= 4 is 22.2 Å². The van der Waals surface area contributed by atoms with E-state index in [4.69, 9.17) is 0 Å². The molecule has 0 radical (unpaired) electrons. The number of hydrogen-bond donors (Lipinski definition) is 0. The number of carbonyl (C=O) groups is 1. The number of benzene rings is 1. The van der Waals surface area contributed by atoms with Crippen molar-refractivity contribution in [3.63, 3.8) is 0 Å². The lowest BCUT2D eigenvalue weighted by atomic mass is 10.1. The van der Waals surface area contributed by atoms with E-state index in [0.29, 0.717) is 30.2 Å². The van der Waals surface area contributed by atoms with E-state index in [-0.39, 0.29) is 17.9 Å². The summed E-state index contributed by atoms with van der Waals surface area (Å²) in [5.41, 5.74) is 3.02. The normalized spacial score (nSPS) is 11.0. The molecule has 1 amide bonds. The number of amides is 1. The molecule has 3 aromatic rings. The van der Waals surface area contributed by atoms with Gasteiger partial charge in [-0.1, -0.05) is 29.8 Å². The summed E-state index contributed by atoms with van der Waals surface area (Å²) in [5, 5.41) is 6.35. The van der Waals surface area contributed by atoms with Crippen molar-refractivity contribution in [2.75, 3.05) is 13.1 Å². The Kier molecular flexibility index (Phi) is 5.46. The maximum absolute atomic E-state index is 12.4. The smallest absolute Gasteiger partial charge is 0.296 e. The first kappa shape index (κ1) is 18.3. The minimum absolute atomic E-state index is 0.0512. The van der Waals surface area contributed by atoms with Crippen LogP contribution in [0.3, 0.4) is 0 Å². The lowest BCUT2D eigenvalue weighted by Gasteiger charge is -2.18. The maximum Gasteiger partial charge on any atom is 0.296 e. The average Bonchev–Trinajstić information content (AvgIpc) is 3.00. The zero-order chi connectivity index (χ0) is 18.7. The Labute approximate surface area is 156 Å². The molecule has 0 atom stereocenters. The van der Waals surface area contributed by atoms with Crippen LogP contribution in [0.5, 0.6) is 0 Å². The van der Waals surface area contributed by atoms with Gasteiger partial charge in [0.05, 0.1) is 12.1 Å². The third kappa shape index (κ3) is 3.83. The van der Waals surface area contributed by atoms with Gasteiger partial charge in [-0.15, -0.1) is 11.3 Å². The van der Waals surface area contributed by atoms with Gasteiger partial charge in [0, 0.05) is 24.9 Å². The number of likely N-dealkylation sites (N-methyl/N-ethyl adjacent to an activating group) is 1. The molecule has 0 N–H and O–H groups in total. The van der Waals surface area contributed by atoms with Crippen LogP contribution in [-0.4, -0.2) is 38.5 Å². The Hall–Kier alpha value is -2.54. The summed E-state index contributed by atoms with van der Waals surface area (Å²) in [6.45, 7) is 7.30. The molecule has 2 heterocycles. The Morgan fingerprint density at radius 3 is 2.54 bits per heavy atom. The summed E-state index contributed by atoms with van der Waals surface area (Å²) in [6.07, 6.45) is 0.678. The van der Waals surface area contributed by atoms with E-state index in [0.717, 1.165) is 11.3 Å². The molecule has 6 nitrogen and oxygen atoms in total. The standard InChI is InChI=1S/C19H22N4O2S/c1-4-22(5-2)17(24)11-15-12-26-19-20-18(25)16(21-23(15)19)10-14-8-6-13(3)7-9-14/h6-9,12H,4-5,10-11H2,1-3H3. The first-order chi connectivity index (χ1) is 12.5. The number of rotatable bonds is 6. The van der Waals surface area contributed by atoms with Crippen LogP contribution in [0.15, 0.2) is 34.4 Å². The Morgan fingerprint density at radius 1 is 1.19 bits per heavy atom. The fourth-order valence-electron chi connectivity index (χ4n) is 2.81. The molecule has 2 aromatic heterocycles. The van der Waals surface area contributed by atoms with E-state index in [9.17, 15) is 9.59 Å². The van der Waals surface area contributed by atoms with Crippen molar-refractivity contribution < 1.29 is 4.79 Å². The molecule has 0 saturated carbocycles. The number of aromatic nitrogens is 3. The molecule has 0 aliphatic carbocycles. The fraction of sp³-hybridized carbons (Fsp3) is 0.368. The molecule has 0 saturated heterocycles. The molecule has 0 bridgehead atoms. The number of hydrogen-bond acceptors (Lipinski definition) is 5. The maximum atomic E-state index is 12.4. The van der Waals surface area contributed by atoms with Crippen LogP contribution in [-0.2, 0) is 17.6 Å². The molecular weight excluding hydrogens is 348 g/mol.